The summed E-state index contributed by atoms with van der Waals surface area (Å²) >= 11 is 0. The van der Waals surface area contributed by atoms with Crippen molar-refractivity contribution in [2.24, 2.45) is 10.9 Å². The molecule has 0 unspecified atom stereocenters. The fourth-order valence-electron chi connectivity index (χ4n) is 0.307. The van der Waals surface area contributed by atoms with Crippen molar-refractivity contribution in [1.29, 1.82) is 0 Å². The summed E-state index contributed by atoms with van der Waals surface area (Å²) in [6.07, 6.45) is 3.45. The van der Waals surface area contributed by atoms with Gasteiger partial charge < -0.3 is 10.6 Å². The Morgan fingerprint density at radius 2 is 2.38 bits per heavy atom. The molecule has 0 aliphatic heterocycles. The first-order valence-electron chi connectivity index (χ1n) is 2.30. The van der Waals surface area contributed by atoms with Crippen LogP contribution in [0.3, 0.4) is 0 Å². The van der Waals surface area contributed by atoms with Gasteiger partial charge in [0.05, 0.1) is 0 Å². The monoisotopic (exact) mass is 114 g/mol. The van der Waals surface area contributed by atoms with Gasteiger partial charge in [0.2, 0.25) is 0 Å². The molecule has 0 aliphatic carbocycles. The molecule has 0 spiro atoms. The van der Waals surface area contributed by atoms with E-state index in [1.165, 1.54) is 7.11 Å². The van der Waals surface area contributed by atoms with E-state index in [9.17, 15) is 0 Å². The van der Waals surface area contributed by atoms with E-state index in [1.54, 1.807) is 12.2 Å². The lowest BCUT2D eigenvalue weighted by atomic mass is 10.5. The van der Waals surface area contributed by atoms with Crippen molar-refractivity contribution in [2.45, 2.75) is 6.92 Å². The second-order valence-electron chi connectivity index (χ2n) is 1.20. The van der Waals surface area contributed by atoms with Gasteiger partial charge in [-0.1, -0.05) is 11.2 Å². The summed E-state index contributed by atoms with van der Waals surface area (Å²) in [5.74, 6) is 0.384. The van der Waals surface area contributed by atoms with Gasteiger partial charge in [-0.25, -0.2) is 0 Å². The Kier molecular flexibility index (Phi) is 3.66. The van der Waals surface area contributed by atoms with Crippen molar-refractivity contribution in [3.05, 3.63) is 12.2 Å². The summed E-state index contributed by atoms with van der Waals surface area (Å²) < 4.78 is 0. The number of hydrogen-bond donors (Lipinski definition) is 1. The van der Waals surface area contributed by atoms with Crippen LogP contribution in [0.1, 0.15) is 6.92 Å². The van der Waals surface area contributed by atoms with Gasteiger partial charge in [-0.2, -0.15) is 0 Å². The number of nitrogens with zero attached hydrogens (tertiary/aromatic N) is 1. The second-order valence-corrected chi connectivity index (χ2v) is 1.20. The van der Waals surface area contributed by atoms with Crippen molar-refractivity contribution in [3.8, 4) is 0 Å². The number of nitrogens with two attached hydrogens (primary N) is 1. The van der Waals surface area contributed by atoms with E-state index in [4.69, 9.17) is 5.73 Å². The molecule has 0 aromatic heterocycles. The van der Waals surface area contributed by atoms with Crippen LogP contribution < -0.4 is 5.73 Å². The fraction of sp³-hybridized carbons (Fsp3) is 0.400. The molecule has 0 radical (unpaired) electrons. The predicted molar refractivity (Wildman–Crippen MR) is 33.4 cm³/mol. The van der Waals surface area contributed by atoms with Gasteiger partial charge >= 0.3 is 0 Å². The molecule has 0 bridgehead atoms. The molecule has 0 saturated heterocycles. The Labute approximate surface area is 48.8 Å². The summed E-state index contributed by atoms with van der Waals surface area (Å²) in [5.41, 5.74) is 5.23. The predicted octanol–water partition coefficient (Wildman–Crippen LogP) is 0.481. The van der Waals surface area contributed by atoms with Crippen LogP contribution >= 0.6 is 0 Å². The highest BCUT2D eigenvalue weighted by Gasteiger charge is 1.77. The molecular formula is C5H10N2O. The Morgan fingerprint density at radius 3 is 2.75 bits per heavy atom. The Morgan fingerprint density at radius 1 is 1.75 bits per heavy atom. The minimum absolute atomic E-state index is 0.384. The maximum Gasteiger partial charge on any atom is 0.162 e. The molecule has 0 saturated carbocycles. The highest BCUT2D eigenvalue weighted by molar-refractivity contribution is 5.90. The molecular weight excluding hydrogens is 104 g/mol. The topological polar surface area (TPSA) is 47.6 Å². The minimum atomic E-state index is 0.384. The molecule has 0 atom stereocenters. The summed E-state index contributed by atoms with van der Waals surface area (Å²) in [6.45, 7) is 1.86. The average Bonchev–Trinajstić information content (AvgIpc) is 1.68. The van der Waals surface area contributed by atoms with Crippen LogP contribution in [0.2, 0.25) is 0 Å². The zero-order chi connectivity index (χ0) is 6.41. The van der Waals surface area contributed by atoms with Crippen LogP contribution in [0.5, 0.6) is 0 Å². The van der Waals surface area contributed by atoms with Crippen LogP contribution in [0, 0.1) is 0 Å². The van der Waals surface area contributed by atoms with Crippen LogP contribution in [0.4, 0.5) is 0 Å². The van der Waals surface area contributed by atoms with Crippen molar-refractivity contribution in [1.82, 2.24) is 0 Å². The third-order valence-corrected chi connectivity index (χ3v) is 0.534. The van der Waals surface area contributed by atoms with Crippen LogP contribution in [0.25, 0.3) is 0 Å². The normalized spacial score (nSPS) is 12.5. The van der Waals surface area contributed by atoms with E-state index in [1.807, 2.05) is 6.92 Å². The van der Waals surface area contributed by atoms with E-state index >= 15 is 0 Å². The van der Waals surface area contributed by atoms with Crippen molar-refractivity contribution < 1.29 is 4.84 Å². The standard InChI is InChI=1S/C5H10N2O/c1-3-4-5(6)7-8-2/h3-4H,1-2H3,(H2,6,7)/b4-3+. The average molecular weight is 114 g/mol. The third kappa shape index (κ3) is 3.21. The molecule has 3 nitrogen and oxygen atoms in total. The van der Waals surface area contributed by atoms with E-state index in [-0.39, 0.29) is 0 Å². The highest BCUT2D eigenvalue weighted by Crippen LogP contribution is 1.73. The molecule has 0 aliphatic rings. The Bertz CT molecular complexity index is 107. The maximum absolute atomic E-state index is 5.23. The minimum Gasteiger partial charge on any atom is -0.397 e. The van der Waals surface area contributed by atoms with Crippen molar-refractivity contribution in [3.63, 3.8) is 0 Å². The van der Waals surface area contributed by atoms with Crippen molar-refractivity contribution in [2.75, 3.05) is 7.11 Å². The molecule has 8 heavy (non-hydrogen) atoms. The van der Waals surface area contributed by atoms with Crippen LogP contribution in [-0.2, 0) is 4.84 Å². The quantitative estimate of drug-likeness (QED) is 0.322. The smallest absolute Gasteiger partial charge is 0.162 e. The van der Waals surface area contributed by atoms with Gasteiger partial charge in [0.1, 0.15) is 7.11 Å². The van der Waals surface area contributed by atoms with E-state index in [0.717, 1.165) is 0 Å². The fourth-order valence-corrected chi connectivity index (χ4v) is 0.307. The lowest BCUT2D eigenvalue weighted by Gasteiger charge is -1.87. The van der Waals surface area contributed by atoms with Gasteiger partial charge in [0.15, 0.2) is 5.84 Å². The van der Waals surface area contributed by atoms with Gasteiger partial charge in [-0.05, 0) is 13.0 Å². The van der Waals surface area contributed by atoms with E-state index in [0.29, 0.717) is 5.84 Å². The molecule has 0 heterocycles. The summed E-state index contributed by atoms with van der Waals surface area (Å²) in [4.78, 5) is 4.37. The zero-order valence-corrected chi connectivity index (χ0v) is 5.09. The highest BCUT2D eigenvalue weighted by atomic mass is 16.6. The number of amidine groups is 1. The van der Waals surface area contributed by atoms with E-state index in [2.05, 4.69) is 9.99 Å². The number of oxime groups is 1. The molecule has 0 aromatic rings. The maximum atomic E-state index is 5.23. The zero-order valence-electron chi connectivity index (χ0n) is 5.09. The molecule has 0 aromatic carbocycles. The Balaban J connectivity index is 3.61. The molecule has 0 fully saturated rings. The summed E-state index contributed by atoms with van der Waals surface area (Å²) in [5, 5.41) is 3.42. The first-order chi connectivity index (χ1) is 3.81. The Hall–Kier alpha value is -0.990. The van der Waals surface area contributed by atoms with Gasteiger partial charge in [0.25, 0.3) is 0 Å². The van der Waals surface area contributed by atoms with Gasteiger partial charge in [0, 0.05) is 0 Å². The molecule has 0 amide bonds. The molecule has 3 heteroatoms. The SMILES string of the molecule is C/C=C/C(N)=N\OC. The molecule has 46 valence electrons. The second kappa shape index (κ2) is 4.18. The van der Waals surface area contributed by atoms with Crippen LogP contribution in [-0.4, -0.2) is 12.9 Å². The lowest BCUT2D eigenvalue weighted by molar-refractivity contribution is 0.213. The van der Waals surface area contributed by atoms with Crippen molar-refractivity contribution >= 4 is 5.84 Å². The van der Waals surface area contributed by atoms with E-state index < -0.39 is 0 Å². The molecule has 0 rings (SSSR count). The first-order valence-corrected chi connectivity index (χ1v) is 2.30. The first kappa shape index (κ1) is 7.01. The lowest BCUT2D eigenvalue weighted by Crippen LogP contribution is -2.07. The van der Waals surface area contributed by atoms with Crippen LogP contribution in [0.15, 0.2) is 17.3 Å². The largest absolute Gasteiger partial charge is 0.397 e. The summed E-state index contributed by atoms with van der Waals surface area (Å²) in [7, 11) is 1.45. The van der Waals surface area contributed by atoms with Gasteiger partial charge in [-0.3, -0.25) is 0 Å². The molecule has 2 N–H and O–H groups in total. The number of allylic oxidation sites excluding steroid dienone is 1. The number of hydrogen-bond acceptors (Lipinski definition) is 2. The van der Waals surface area contributed by atoms with Gasteiger partial charge in [-0.15, -0.1) is 0 Å². The third-order valence-electron chi connectivity index (χ3n) is 0.534. The summed E-state index contributed by atoms with van der Waals surface area (Å²) in [6, 6.07) is 0. The number of rotatable bonds is 2.